The molecule has 1 saturated carbocycles. The molecule has 2 amide bonds. The first-order valence-electron chi connectivity index (χ1n) is 8.07. The SMILES string of the molecule is Cc1ccc(NC(=O)C2CC2)cc1NC(=O)Cc1ccc(N)cc1.Cl. The number of nitrogen functional groups attached to an aromatic ring is 1. The summed E-state index contributed by atoms with van der Waals surface area (Å²) in [6.07, 6.45) is 2.20. The highest BCUT2D eigenvalue weighted by Crippen LogP contribution is 2.30. The minimum atomic E-state index is -0.103. The van der Waals surface area contributed by atoms with Crippen molar-refractivity contribution in [3.05, 3.63) is 53.6 Å². The lowest BCUT2D eigenvalue weighted by Crippen LogP contribution is -2.16. The number of nitrogens with one attached hydrogen (secondary N) is 2. The molecule has 1 aliphatic carbocycles. The zero-order valence-electron chi connectivity index (χ0n) is 14.0. The van der Waals surface area contributed by atoms with Crippen LogP contribution in [0, 0.1) is 12.8 Å². The van der Waals surface area contributed by atoms with Gasteiger partial charge in [-0.1, -0.05) is 18.2 Å². The zero-order chi connectivity index (χ0) is 17.1. The maximum absolute atomic E-state index is 12.2. The molecule has 5 nitrogen and oxygen atoms in total. The molecule has 0 saturated heterocycles. The van der Waals surface area contributed by atoms with Gasteiger partial charge in [0.1, 0.15) is 0 Å². The third-order valence-electron chi connectivity index (χ3n) is 4.07. The van der Waals surface area contributed by atoms with Crippen molar-refractivity contribution < 1.29 is 9.59 Å². The summed E-state index contributed by atoms with van der Waals surface area (Å²) in [4.78, 5) is 24.1. The zero-order valence-corrected chi connectivity index (χ0v) is 14.9. The van der Waals surface area contributed by atoms with Gasteiger partial charge in [-0.3, -0.25) is 9.59 Å². The number of carbonyl (C=O) groups is 2. The van der Waals surface area contributed by atoms with E-state index in [4.69, 9.17) is 5.73 Å². The maximum Gasteiger partial charge on any atom is 0.228 e. The molecule has 2 aromatic carbocycles. The minimum Gasteiger partial charge on any atom is -0.399 e. The number of halogens is 1. The average Bonchev–Trinajstić information content (AvgIpc) is 3.38. The van der Waals surface area contributed by atoms with Crippen molar-refractivity contribution in [1.82, 2.24) is 0 Å². The van der Waals surface area contributed by atoms with E-state index in [1.165, 1.54) is 0 Å². The molecule has 3 rings (SSSR count). The molecule has 2 aromatic rings. The summed E-state index contributed by atoms with van der Waals surface area (Å²) < 4.78 is 0. The fraction of sp³-hybridized carbons (Fsp3) is 0.263. The first-order valence-corrected chi connectivity index (χ1v) is 8.07. The lowest BCUT2D eigenvalue weighted by atomic mass is 10.1. The Hall–Kier alpha value is -2.53. The van der Waals surface area contributed by atoms with Gasteiger partial charge in [-0.25, -0.2) is 0 Å². The van der Waals surface area contributed by atoms with Crippen LogP contribution in [0.25, 0.3) is 0 Å². The highest BCUT2D eigenvalue weighted by molar-refractivity contribution is 5.96. The van der Waals surface area contributed by atoms with E-state index in [1.54, 1.807) is 18.2 Å². The number of benzene rings is 2. The van der Waals surface area contributed by atoms with Crippen molar-refractivity contribution in [2.45, 2.75) is 26.2 Å². The van der Waals surface area contributed by atoms with Gasteiger partial charge >= 0.3 is 0 Å². The number of hydrogen-bond donors (Lipinski definition) is 3. The average molecular weight is 360 g/mol. The number of carbonyl (C=O) groups excluding carboxylic acids is 2. The smallest absolute Gasteiger partial charge is 0.228 e. The van der Waals surface area contributed by atoms with Gasteiger partial charge in [0, 0.05) is 23.0 Å². The predicted octanol–water partition coefficient (Wildman–Crippen LogP) is 3.53. The number of nitrogens with two attached hydrogens (primary N) is 1. The number of amides is 2. The third kappa shape index (κ3) is 5.22. The Morgan fingerprint density at radius 2 is 1.76 bits per heavy atom. The van der Waals surface area contributed by atoms with Crippen LogP contribution < -0.4 is 16.4 Å². The van der Waals surface area contributed by atoms with Gasteiger partial charge in [-0.05, 0) is 55.2 Å². The Balaban J connectivity index is 0.00000225. The molecule has 0 bridgehead atoms. The molecule has 1 aliphatic rings. The molecule has 25 heavy (non-hydrogen) atoms. The lowest BCUT2D eigenvalue weighted by molar-refractivity contribution is -0.117. The Kier molecular flexibility index (Phi) is 6.04. The van der Waals surface area contributed by atoms with Crippen molar-refractivity contribution in [3.63, 3.8) is 0 Å². The molecule has 1 fully saturated rings. The molecule has 0 unspecified atom stereocenters. The molecular weight excluding hydrogens is 338 g/mol. The standard InChI is InChI=1S/C19H21N3O2.ClH/c1-12-2-9-16(21-19(24)14-5-6-14)11-17(12)22-18(23)10-13-3-7-15(20)8-4-13;/h2-4,7-9,11,14H,5-6,10,20H2,1H3,(H,21,24)(H,22,23);1H. The van der Waals surface area contributed by atoms with Gasteiger partial charge in [0.2, 0.25) is 11.8 Å². The van der Waals surface area contributed by atoms with Crippen molar-refractivity contribution >= 4 is 41.3 Å². The van der Waals surface area contributed by atoms with Crippen molar-refractivity contribution in [3.8, 4) is 0 Å². The number of aryl methyl sites for hydroxylation is 1. The fourth-order valence-corrected chi connectivity index (χ4v) is 2.44. The van der Waals surface area contributed by atoms with Crippen molar-refractivity contribution in [2.24, 2.45) is 5.92 Å². The van der Waals surface area contributed by atoms with E-state index in [1.807, 2.05) is 31.2 Å². The first kappa shape index (κ1) is 18.8. The second-order valence-corrected chi connectivity index (χ2v) is 6.26. The van der Waals surface area contributed by atoms with Crippen LogP contribution in [0.2, 0.25) is 0 Å². The van der Waals surface area contributed by atoms with Gasteiger partial charge in [0.15, 0.2) is 0 Å². The molecule has 0 atom stereocenters. The van der Waals surface area contributed by atoms with Gasteiger partial charge in [0.25, 0.3) is 0 Å². The van der Waals surface area contributed by atoms with Crippen LogP contribution in [0.1, 0.15) is 24.0 Å². The molecule has 0 aromatic heterocycles. The fourth-order valence-electron chi connectivity index (χ4n) is 2.44. The third-order valence-corrected chi connectivity index (χ3v) is 4.07. The minimum absolute atomic E-state index is 0. The van der Waals surface area contributed by atoms with Crippen LogP contribution in [-0.2, 0) is 16.0 Å². The summed E-state index contributed by atoms with van der Waals surface area (Å²) >= 11 is 0. The highest BCUT2D eigenvalue weighted by Gasteiger charge is 2.29. The van der Waals surface area contributed by atoms with E-state index in [9.17, 15) is 9.59 Å². The van der Waals surface area contributed by atoms with E-state index in [0.29, 0.717) is 17.1 Å². The summed E-state index contributed by atoms with van der Waals surface area (Å²) in [5, 5.41) is 5.81. The molecule has 6 heteroatoms. The summed E-state index contributed by atoms with van der Waals surface area (Å²) in [6.45, 7) is 1.92. The van der Waals surface area contributed by atoms with Gasteiger partial charge in [-0.15, -0.1) is 12.4 Å². The van der Waals surface area contributed by atoms with Crippen LogP contribution in [0.3, 0.4) is 0 Å². The quantitative estimate of drug-likeness (QED) is 0.714. The Bertz CT molecular complexity index is 771. The monoisotopic (exact) mass is 359 g/mol. The predicted molar refractivity (Wildman–Crippen MR) is 103 cm³/mol. The Labute approximate surface area is 153 Å². The maximum atomic E-state index is 12.2. The Morgan fingerprint density at radius 3 is 2.40 bits per heavy atom. The van der Waals surface area contributed by atoms with Crippen LogP contribution in [0.4, 0.5) is 17.1 Å². The first-order chi connectivity index (χ1) is 11.5. The number of hydrogen-bond acceptors (Lipinski definition) is 3. The second-order valence-electron chi connectivity index (χ2n) is 6.26. The molecule has 132 valence electrons. The summed E-state index contributed by atoms with van der Waals surface area (Å²) in [7, 11) is 0. The molecule has 0 spiro atoms. The van der Waals surface area contributed by atoms with Gasteiger partial charge in [-0.2, -0.15) is 0 Å². The summed E-state index contributed by atoms with van der Waals surface area (Å²) in [5.74, 6) is 0.0985. The normalized spacial score (nSPS) is 12.8. The topological polar surface area (TPSA) is 84.2 Å². The highest BCUT2D eigenvalue weighted by atomic mass is 35.5. The number of anilines is 3. The Morgan fingerprint density at radius 1 is 1.08 bits per heavy atom. The largest absolute Gasteiger partial charge is 0.399 e. The summed E-state index contributed by atoms with van der Waals surface area (Å²) in [5.41, 5.74) is 9.59. The van der Waals surface area contributed by atoms with Gasteiger partial charge < -0.3 is 16.4 Å². The molecule has 0 heterocycles. The second kappa shape index (κ2) is 8.03. The van der Waals surface area contributed by atoms with Crippen LogP contribution in [-0.4, -0.2) is 11.8 Å². The van der Waals surface area contributed by atoms with Crippen LogP contribution >= 0.6 is 12.4 Å². The van der Waals surface area contributed by atoms with Crippen molar-refractivity contribution in [1.29, 1.82) is 0 Å². The lowest BCUT2D eigenvalue weighted by Gasteiger charge is -2.12. The van der Waals surface area contributed by atoms with Gasteiger partial charge in [0.05, 0.1) is 6.42 Å². The number of rotatable bonds is 5. The summed E-state index contributed by atoms with van der Waals surface area (Å²) in [6, 6.07) is 12.8. The van der Waals surface area contributed by atoms with E-state index < -0.39 is 0 Å². The molecule has 0 aliphatic heterocycles. The van der Waals surface area contributed by atoms with Crippen LogP contribution in [0.15, 0.2) is 42.5 Å². The van der Waals surface area contributed by atoms with E-state index >= 15 is 0 Å². The van der Waals surface area contributed by atoms with E-state index in [2.05, 4.69) is 10.6 Å². The van der Waals surface area contributed by atoms with E-state index in [-0.39, 0.29) is 36.6 Å². The molecular formula is C19H22ClN3O2. The van der Waals surface area contributed by atoms with Crippen molar-refractivity contribution in [2.75, 3.05) is 16.4 Å². The molecule has 0 radical (unpaired) electrons. The van der Waals surface area contributed by atoms with E-state index in [0.717, 1.165) is 24.0 Å². The van der Waals surface area contributed by atoms with Crippen LogP contribution in [0.5, 0.6) is 0 Å². The molecule has 4 N–H and O–H groups in total.